The van der Waals surface area contributed by atoms with E-state index in [-0.39, 0.29) is 58.9 Å². The standard InChI is InChI=1S/C19H21Si.3ClH.Ti/c1-14-11-15(2)13-17(12-14)20(3,4)19-10-9-16-7-5-6-8-18(16)19;;;;/h5-9,11-13,19H,1-4H3;3*1H;/q-1;;;;+4/p-3. The number of rotatable bonds is 2. The Kier molecular flexibility index (Phi) is 11.1. The molecule has 0 amide bonds. The first kappa shape index (κ1) is 26.2. The van der Waals surface area contributed by atoms with Crippen molar-refractivity contribution >= 4 is 19.3 Å². The van der Waals surface area contributed by atoms with E-state index in [1.54, 1.807) is 0 Å². The topological polar surface area (TPSA) is 0 Å². The molecule has 2 aromatic carbocycles. The molecule has 126 valence electrons. The van der Waals surface area contributed by atoms with Crippen LogP contribution in [0.25, 0.3) is 6.08 Å². The summed E-state index contributed by atoms with van der Waals surface area (Å²) >= 11 is 0. The largest absolute Gasteiger partial charge is 4.00 e. The number of aryl methyl sites for hydroxylation is 2. The summed E-state index contributed by atoms with van der Waals surface area (Å²) in [7, 11) is -1.60. The van der Waals surface area contributed by atoms with E-state index in [2.05, 4.69) is 81.6 Å². The summed E-state index contributed by atoms with van der Waals surface area (Å²) in [5.41, 5.74) is 6.03. The molecule has 3 rings (SSSR count). The molecule has 0 bridgehead atoms. The average Bonchev–Trinajstić information content (AvgIpc) is 2.82. The minimum atomic E-state index is -1.60. The molecule has 1 unspecified atom stereocenters. The van der Waals surface area contributed by atoms with Gasteiger partial charge in [-0.1, -0.05) is 71.3 Å². The fourth-order valence-electron chi connectivity index (χ4n) is 3.28. The zero-order valence-electron chi connectivity index (χ0n) is 14.3. The Labute approximate surface area is 180 Å². The molecule has 5 heteroatoms. The van der Waals surface area contributed by atoms with Gasteiger partial charge in [-0.3, -0.25) is 6.08 Å². The van der Waals surface area contributed by atoms with E-state index >= 15 is 0 Å². The number of benzene rings is 2. The summed E-state index contributed by atoms with van der Waals surface area (Å²) in [6, 6.07) is 15.8. The zero-order chi connectivity index (χ0) is 14.3. The van der Waals surface area contributed by atoms with E-state index in [0.717, 1.165) is 0 Å². The van der Waals surface area contributed by atoms with E-state index < -0.39 is 8.07 Å². The fourth-order valence-corrected chi connectivity index (χ4v) is 6.35. The smallest absolute Gasteiger partial charge is 1.00 e. The van der Waals surface area contributed by atoms with Crippen molar-refractivity contribution in [2.24, 2.45) is 0 Å². The molecule has 0 nitrogen and oxygen atoms in total. The van der Waals surface area contributed by atoms with Gasteiger partial charge in [-0.05, 0) is 13.8 Å². The Balaban J connectivity index is 0. The fraction of sp³-hybridized carbons (Fsp3) is 0.263. The molecule has 0 saturated carbocycles. The van der Waals surface area contributed by atoms with E-state index in [1.807, 2.05) is 0 Å². The summed E-state index contributed by atoms with van der Waals surface area (Å²) in [6.45, 7) is 9.33. The first-order chi connectivity index (χ1) is 9.48. The molecule has 0 N–H and O–H groups in total. The van der Waals surface area contributed by atoms with Crippen LogP contribution in [-0.4, -0.2) is 8.07 Å². The molecule has 1 aliphatic rings. The van der Waals surface area contributed by atoms with Gasteiger partial charge < -0.3 is 37.2 Å². The molecule has 0 radical (unpaired) electrons. The van der Waals surface area contributed by atoms with Gasteiger partial charge in [0.2, 0.25) is 0 Å². The van der Waals surface area contributed by atoms with Gasteiger partial charge in [-0.2, -0.15) is 5.56 Å². The minimum Gasteiger partial charge on any atom is -1.00 e. The van der Waals surface area contributed by atoms with Gasteiger partial charge in [-0.15, -0.1) is 11.6 Å². The maximum atomic E-state index is 3.64. The molecule has 0 heterocycles. The second-order valence-electron chi connectivity index (χ2n) is 6.47. The first-order valence-electron chi connectivity index (χ1n) is 7.25. The summed E-state index contributed by atoms with van der Waals surface area (Å²) in [4.78, 5) is 0. The van der Waals surface area contributed by atoms with Crippen LogP contribution in [-0.2, 0) is 21.7 Å². The van der Waals surface area contributed by atoms with Crippen molar-refractivity contribution in [1.29, 1.82) is 0 Å². The van der Waals surface area contributed by atoms with Crippen molar-refractivity contribution in [2.45, 2.75) is 32.5 Å². The summed E-state index contributed by atoms with van der Waals surface area (Å²) < 4.78 is 0. The second-order valence-corrected chi connectivity index (χ2v) is 11.1. The molecule has 24 heavy (non-hydrogen) atoms. The number of hydrogen-bond donors (Lipinski definition) is 0. The van der Waals surface area contributed by atoms with Crippen molar-refractivity contribution in [3.8, 4) is 0 Å². The number of allylic oxidation sites excluding steroid dienone is 1. The molecule has 0 spiro atoms. The summed E-state index contributed by atoms with van der Waals surface area (Å²) in [5.74, 6) is 0. The maximum Gasteiger partial charge on any atom is 4.00 e. The first-order valence-corrected chi connectivity index (χ1v) is 10.3. The Hall–Kier alpha value is -0.0188. The summed E-state index contributed by atoms with van der Waals surface area (Å²) in [6.07, 6.45) is 5.81. The Morgan fingerprint density at radius 1 is 0.875 bits per heavy atom. The van der Waals surface area contributed by atoms with E-state index in [0.29, 0.717) is 5.54 Å². The van der Waals surface area contributed by atoms with Gasteiger partial charge in [0.15, 0.2) is 0 Å². The molecule has 0 aromatic heterocycles. The van der Waals surface area contributed by atoms with Crippen LogP contribution in [0, 0.1) is 19.9 Å². The third-order valence-electron chi connectivity index (χ3n) is 4.40. The molecular formula is C19H21Cl3SiTi. The predicted molar refractivity (Wildman–Crippen MR) is 89.9 cm³/mol. The molecular weight excluding hydrogens is 411 g/mol. The molecule has 1 atom stereocenters. The van der Waals surface area contributed by atoms with Gasteiger partial charge in [0.1, 0.15) is 0 Å². The van der Waals surface area contributed by atoms with Crippen LogP contribution in [0.5, 0.6) is 0 Å². The second kappa shape index (κ2) is 10.2. The number of fused-ring (bicyclic) bond motifs is 1. The van der Waals surface area contributed by atoms with Crippen molar-refractivity contribution in [3.63, 3.8) is 0 Å². The van der Waals surface area contributed by atoms with E-state index in [9.17, 15) is 0 Å². The molecule has 2 aromatic rings. The van der Waals surface area contributed by atoms with Crippen LogP contribution in [0.1, 0.15) is 27.8 Å². The van der Waals surface area contributed by atoms with Gasteiger partial charge >= 0.3 is 21.7 Å². The van der Waals surface area contributed by atoms with Crippen molar-refractivity contribution < 1.29 is 58.9 Å². The third kappa shape index (κ3) is 5.00. The monoisotopic (exact) mass is 430 g/mol. The SMILES string of the molecule is Cc1cc(C)cc([Si](C)(C)C2[C-]=Cc3ccccc32)c1.[Cl-].[Cl-].[Cl-].[Ti+4]. The van der Waals surface area contributed by atoms with Crippen LogP contribution in [0.15, 0.2) is 42.5 Å². The van der Waals surface area contributed by atoms with Crippen molar-refractivity contribution in [2.75, 3.05) is 0 Å². The predicted octanol–water partition coefficient (Wildman–Crippen LogP) is -4.62. The number of hydrogen-bond acceptors (Lipinski definition) is 0. The van der Waals surface area contributed by atoms with Crippen LogP contribution in [0.3, 0.4) is 0 Å². The van der Waals surface area contributed by atoms with Crippen molar-refractivity contribution in [3.05, 3.63) is 70.8 Å². The minimum absolute atomic E-state index is 0. The quantitative estimate of drug-likeness (QED) is 0.332. The van der Waals surface area contributed by atoms with Gasteiger partial charge in [0.05, 0.1) is 8.07 Å². The molecule has 1 aliphatic carbocycles. The van der Waals surface area contributed by atoms with Crippen LogP contribution in [0.2, 0.25) is 13.1 Å². The third-order valence-corrected chi connectivity index (χ3v) is 8.10. The van der Waals surface area contributed by atoms with E-state index in [4.69, 9.17) is 0 Å². The average molecular weight is 432 g/mol. The zero-order valence-corrected chi connectivity index (χ0v) is 19.2. The Bertz CT molecular complexity index is 679. The van der Waals surface area contributed by atoms with Crippen LogP contribution >= 0.6 is 0 Å². The number of halogens is 3. The Morgan fingerprint density at radius 2 is 1.42 bits per heavy atom. The molecule has 0 saturated heterocycles. The molecule has 0 fully saturated rings. The van der Waals surface area contributed by atoms with Crippen LogP contribution < -0.4 is 42.4 Å². The van der Waals surface area contributed by atoms with Gasteiger partial charge in [0.25, 0.3) is 0 Å². The normalized spacial score (nSPS) is 14.4. The van der Waals surface area contributed by atoms with Gasteiger partial charge in [0, 0.05) is 0 Å². The Morgan fingerprint density at radius 3 is 2.00 bits per heavy atom. The van der Waals surface area contributed by atoms with E-state index in [1.165, 1.54) is 27.4 Å². The van der Waals surface area contributed by atoms with Crippen molar-refractivity contribution in [1.82, 2.24) is 0 Å². The summed E-state index contributed by atoms with van der Waals surface area (Å²) in [5, 5.41) is 1.54. The van der Waals surface area contributed by atoms with Gasteiger partial charge in [-0.25, -0.2) is 6.08 Å². The van der Waals surface area contributed by atoms with Crippen LogP contribution in [0.4, 0.5) is 0 Å². The maximum absolute atomic E-state index is 3.64. The molecule has 0 aliphatic heterocycles.